The Morgan fingerprint density at radius 3 is 1.83 bits per heavy atom. The Hall–Kier alpha value is -3.76. The fourth-order valence-electron chi connectivity index (χ4n) is 3.43. The summed E-state index contributed by atoms with van der Waals surface area (Å²) >= 11 is 0. The van der Waals surface area contributed by atoms with Gasteiger partial charge in [-0.3, -0.25) is 9.78 Å². The molecule has 4 heteroatoms. The number of aliphatic hydroxyl groups is 1. The Balaban J connectivity index is 1.57. The van der Waals surface area contributed by atoms with Crippen LogP contribution in [0.5, 0.6) is 0 Å². The first-order valence-electron chi connectivity index (χ1n) is 9.81. The Morgan fingerprint density at radius 1 is 0.700 bits per heavy atom. The van der Waals surface area contributed by atoms with Crippen molar-refractivity contribution in [1.29, 1.82) is 0 Å². The maximum Gasteiger partial charge on any atom is 0.251 e. The van der Waals surface area contributed by atoms with E-state index >= 15 is 0 Å². The molecule has 4 aromatic rings. The molecule has 30 heavy (non-hydrogen) atoms. The lowest BCUT2D eigenvalue weighted by Gasteiger charge is -2.25. The monoisotopic (exact) mass is 394 g/mol. The summed E-state index contributed by atoms with van der Waals surface area (Å²) in [6.45, 7) is 0. The molecule has 0 bridgehead atoms. The number of nitrogens with one attached hydrogen (secondary N) is 1. The zero-order valence-corrected chi connectivity index (χ0v) is 16.3. The number of amides is 1. The fraction of sp³-hybridized carbons (Fsp3) is 0.0769. The van der Waals surface area contributed by atoms with Crippen molar-refractivity contribution >= 4 is 5.91 Å². The molecule has 4 nitrogen and oxygen atoms in total. The SMILES string of the molecule is O=C(NC(c1ccccc1)[C@H](O)c1ccccc1)c1ccc(-c2ccncc2)cc1. The van der Waals surface area contributed by atoms with Crippen LogP contribution in [0.15, 0.2) is 109 Å². The highest BCUT2D eigenvalue weighted by Gasteiger charge is 2.25. The number of aromatic nitrogens is 1. The second kappa shape index (κ2) is 9.16. The molecule has 0 saturated heterocycles. The van der Waals surface area contributed by atoms with E-state index in [1.807, 2.05) is 84.9 Å². The van der Waals surface area contributed by atoms with Crippen molar-refractivity contribution in [3.8, 4) is 11.1 Å². The summed E-state index contributed by atoms with van der Waals surface area (Å²) in [4.78, 5) is 17.0. The van der Waals surface area contributed by atoms with Crippen LogP contribution in [0, 0.1) is 0 Å². The van der Waals surface area contributed by atoms with E-state index in [2.05, 4.69) is 10.3 Å². The third-order valence-corrected chi connectivity index (χ3v) is 5.06. The van der Waals surface area contributed by atoms with Crippen LogP contribution in [0.1, 0.15) is 33.6 Å². The van der Waals surface area contributed by atoms with E-state index in [0.717, 1.165) is 22.3 Å². The van der Waals surface area contributed by atoms with E-state index in [0.29, 0.717) is 5.56 Å². The summed E-state index contributed by atoms with van der Waals surface area (Å²) in [6.07, 6.45) is 2.62. The first kappa shape index (κ1) is 19.6. The highest BCUT2D eigenvalue weighted by molar-refractivity contribution is 5.95. The minimum atomic E-state index is -0.867. The van der Waals surface area contributed by atoms with Crippen molar-refractivity contribution < 1.29 is 9.90 Å². The minimum Gasteiger partial charge on any atom is -0.386 e. The normalized spacial score (nSPS) is 12.7. The molecule has 1 unspecified atom stereocenters. The number of rotatable bonds is 6. The average molecular weight is 394 g/mol. The molecule has 1 aromatic heterocycles. The zero-order chi connectivity index (χ0) is 20.8. The van der Waals surface area contributed by atoms with E-state index < -0.39 is 12.1 Å². The van der Waals surface area contributed by atoms with Gasteiger partial charge in [-0.2, -0.15) is 0 Å². The third-order valence-electron chi connectivity index (χ3n) is 5.06. The quantitative estimate of drug-likeness (QED) is 0.486. The Morgan fingerprint density at radius 2 is 1.23 bits per heavy atom. The van der Waals surface area contributed by atoms with E-state index in [-0.39, 0.29) is 5.91 Å². The van der Waals surface area contributed by atoms with Crippen LogP contribution in [-0.2, 0) is 0 Å². The number of carbonyl (C=O) groups is 1. The minimum absolute atomic E-state index is 0.236. The van der Waals surface area contributed by atoms with Crippen molar-refractivity contribution in [1.82, 2.24) is 10.3 Å². The molecular formula is C26H22N2O2. The van der Waals surface area contributed by atoms with Crippen molar-refractivity contribution in [3.63, 3.8) is 0 Å². The van der Waals surface area contributed by atoms with Crippen LogP contribution < -0.4 is 5.32 Å². The zero-order valence-electron chi connectivity index (χ0n) is 16.3. The van der Waals surface area contributed by atoms with Gasteiger partial charge in [0.05, 0.1) is 6.04 Å². The van der Waals surface area contributed by atoms with Gasteiger partial charge in [0.25, 0.3) is 5.91 Å². The average Bonchev–Trinajstić information content (AvgIpc) is 2.84. The molecule has 2 atom stereocenters. The molecule has 0 fully saturated rings. The van der Waals surface area contributed by atoms with Gasteiger partial charge in [0.2, 0.25) is 0 Å². The third kappa shape index (κ3) is 4.45. The molecule has 0 aliphatic carbocycles. The summed E-state index contributed by atoms with van der Waals surface area (Å²) in [5.74, 6) is -0.236. The molecule has 148 valence electrons. The number of aliphatic hydroxyl groups excluding tert-OH is 1. The molecule has 0 saturated carbocycles. The molecule has 0 radical (unpaired) electrons. The van der Waals surface area contributed by atoms with Gasteiger partial charge >= 0.3 is 0 Å². The second-order valence-corrected chi connectivity index (χ2v) is 7.03. The highest BCUT2D eigenvalue weighted by atomic mass is 16.3. The molecule has 2 N–H and O–H groups in total. The van der Waals surface area contributed by atoms with Crippen LogP contribution in [0.2, 0.25) is 0 Å². The number of benzene rings is 3. The first-order valence-corrected chi connectivity index (χ1v) is 9.81. The molecular weight excluding hydrogens is 372 g/mol. The first-order chi connectivity index (χ1) is 14.7. The largest absolute Gasteiger partial charge is 0.386 e. The number of nitrogens with zero attached hydrogens (tertiary/aromatic N) is 1. The lowest BCUT2D eigenvalue weighted by molar-refractivity contribution is 0.0831. The van der Waals surface area contributed by atoms with Crippen LogP contribution in [0.25, 0.3) is 11.1 Å². The summed E-state index contributed by atoms with van der Waals surface area (Å²) in [5, 5.41) is 14.0. The Kier molecular flexibility index (Phi) is 5.97. The summed E-state index contributed by atoms with van der Waals surface area (Å²) < 4.78 is 0. The summed E-state index contributed by atoms with van der Waals surface area (Å²) in [6, 6.07) is 29.6. The van der Waals surface area contributed by atoms with Gasteiger partial charge in [0.1, 0.15) is 6.10 Å². The maximum atomic E-state index is 13.0. The number of pyridine rings is 1. The van der Waals surface area contributed by atoms with Gasteiger partial charge < -0.3 is 10.4 Å². The second-order valence-electron chi connectivity index (χ2n) is 7.03. The van der Waals surface area contributed by atoms with Crippen molar-refractivity contribution in [2.45, 2.75) is 12.1 Å². The predicted octanol–water partition coefficient (Wildman–Crippen LogP) is 4.95. The van der Waals surface area contributed by atoms with Gasteiger partial charge in [-0.25, -0.2) is 0 Å². The van der Waals surface area contributed by atoms with Gasteiger partial charge in [0, 0.05) is 18.0 Å². The van der Waals surface area contributed by atoms with Gasteiger partial charge in [0.15, 0.2) is 0 Å². The van der Waals surface area contributed by atoms with E-state index in [1.165, 1.54) is 0 Å². The molecule has 0 spiro atoms. The maximum absolute atomic E-state index is 13.0. The summed E-state index contributed by atoms with van der Waals surface area (Å²) in [7, 11) is 0. The van der Waals surface area contributed by atoms with Crippen LogP contribution in [0.4, 0.5) is 0 Å². The standard InChI is InChI=1S/C26H22N2O2/c29-25(22-9-5-2-6-10-22)24(21-7-3-1-4-8-21)28-26(30)23-13-11-19(12-14-23)20-15-17-27-18-16-20/h1-18,24-25,29H,(H,28,30)/t24?,25-/m1/s1. The Labute approximate surface area is 175 Å². The summed E-state index contributed by atoms with van der Waals surface area (Å²) in [5.41, 5.74) is 4.18. The molecule has 4 rings (SSSR count). The van der Waals surface area contributed by atoms with Crippen molar-refractivity contribution in [2.24, 2.45) is 0 Å². The molecule has 0 aliphatic rings. The van der Waals surface area contributed by atoms with Crippen molar-refractivity contribution in [3.05, 3.63) is 126 Å². The predicted molar refractivity (Wildman–Crippen MR) is 118 cm³/mol. The lowest BCUT2D eigenvalue weighted by Crippen LogP contribution is -2.32. The fourth-order valence-corrected chi connectivity index (χ4v) is 3.43. The number of hydrogen-bond acceptors (Lipinski definition) is 3. The number of hydrogen-bond donors (Lipinski definition) is 2. The highest BCUT2D eigenvalue weighted by Crippen LogP contribution is 2.29. The number of carbonyl (C=O) groups excluding carboxylic acids is 1. The van der Waals surface area contributed by atoms with Gasteiger partial charge in [-0.1, -0.05) is 72.8 Å². The topological polar surface area (TPSA) is 62.2 Å². The van der Waals surface area contributed by atoms with Crippen LogP contribution in [-0.4, -0.2) is 16.0 Å². The van der Waals surface area contributed by atoms with Gasteiger partial charge in [-0.05, 0) is 46.5 Å². The Bertz CT molecular complexity index is 1080. The van der Waals surface area contributed by atoms with Crippen LogP contribution >= 0.6 is 0 Å². The van der Waals surface area contributed by atoms with E-state index in [9.17, 15) is 9.90 Å². The smallest absolute Gasteiger partial charge is 0.251 e. The molecule has 1 amide bonds. The van der Waals surface area contributed by atoms with Crippen molar-refractivity contribution in [2.75, 3.05) is 0 Å². The van der Waals surface area contributed by atoms with E-state index in [1.54, 1.807) is 24.5 Å². The molecule has 1 heterocycles. The van der Waals surface area contributed by atoms with Gasteiger partial charge in [-0.15, -0.1) is 0 Å². The molecule has 0 aliphatic heterocycles. The lowest BCUT2D eigenvalue weighted by atomic mass is 9.95. The van der Waals surface area contributed by atoms with Crippen LogP contribution in [0.3, 0.4) is 0 Å². The van der Waals surface area contributed by atoms with E-state index in [4.69, 9.17) is 0 Å². The molecule has 3 aromatic carbocycles.